The molecular formula is C20H30Cl2SiZr. The molecule has 0 amide bonds. The maximum Gasteiger partial charge on any atom is -1.00 e. The molecule has 0 nitrogen and oxygen atoms in total. The van der Waals surface area contributed by atoms with Crippen molar-refractivity contribution < 1.29 is 45.1 Å². The molecule has 1 heterocycles. The third-order valence-electron chi connectivity index (χ3n) is 6.67. The predicted molar refractivity (Wildman–Crippen MR) is 96.7 cm³/mol. The van der Waals surface area contributed by atoms with Crippen LogP contribution in [0.4, 0.5) is 0 Å². The molecule has 24 heavy (non-hydrogen) atoms. The molecule has 1 saturated heterocycles. The van der Waals surface area contributed by atoms with Crippen molar-refractivity contribution >= 4 is 8.07 Å². The summed E-state index contributed by atoms with van der Waals surface area (Å²) < 4.78 is 5.63. The van der Waals surface area contributed by atoms with Gasteiger partial charge in [0.1, 0.15) is 0 Å². The minimum absolute atomic E-state index is 0. The summed E-state index contributed by atoms with van der Waals surface area (Å²) in [7, 11) is -1.12. The monoisotopic (exact) mass is 458 g/mol. The number of halogens is 2. The fourth-order valence-corrected chi connectivity index (χ4v) is 23.2. The van der Waals surface area contributed by atoms with E-state index in [4.69, 9.17) is 0 Å². The zero-order valence-electron chi connectivity index (χ0n) is 15.5. The van der Waals surface area contributed by atoms with Gasteiger partial charge in [0.15, 0.2) is 0 Å². The van der Waals surface area contributed by atoms with Gasteiger partial charge in [-0.2, -0.15) is 0 Å². The quantitative estimate of drug-likeness (QED) is 0.545. The van der Waals surface area contributed by atoms with E-state index in [-0.39, 0.29) is 24.8 Å². The van der Waals surface area contributed by atoms with E-state index in [0.717, 1.165) is 7.25 Å². The third-order valence-corrected chi connectivity index (χ3v) is 23.3. The first-order chi connectivity index (χ1) is 10.4. The van der Waals surface area contributed by atoms with E-state index in [1.807, 2.05) is 8.85 Å². The van der Waals surface area contributed by atoms with Crippen LogP contribution in [0.2, 0.25) is 31.0 Å². The van der Waals surface area contributed by atoms with Crippen molar-refractivity contribution in [3.05, 3.63) is 43.9 Å². The molecule has 0 saturated carbocycles. The first-order valence-electron chi connectivity index (χ1n) is 9.25. The minimum atomic E-state index is -2.11. The molecule has 3 aliphatic carbocycles. The first-order valence-corrected chi connectivity index (χ1v) is 18.6. The van der Waals surface area contributed by atoms with E-state index in [1.54, 1.807) is 14.9 Å². The molecule has 1 fully saturated rings. The zero-order valence-corrected chi connectivity index (χ0v) is 20.4. The van der Waals surface area contributed by atoms with E-state index in [1.165, 1.54) is 32.1 Å². The molecule has 0 N–H and O–H groups in total. The fourth-order valence-electron chi connectivity index (χ4n) is 5.21. The molecule has 132 valence electrons. The Bertz CT molecular complexity index is 639. The van der Waals surface area contributed by atoms with E-state index in [9.17, 15) is 0 Å². The standard InChI is InChI=1S/C9H11.C8H13Si.C3H6.2ClH.Zr/c1-2-5-9-7-3-6-8(9)4-1;1-9(2,3)8-6-4-5-7-8;1-3-2;;;/h3,6-7H,1-2,4-5H2;6-7H,4H2,1-3H3;3H,1H2,2H3;2*1H;/q;;;;;+2/p-2. The van der Waals surface area contributed by atoms with Crippen LogP contribution in [-0.2, 0) is 20.3 Å². The second-order valence-electron chi connectivity index (χ2n) is 9.02. The van der Waals surface area contributed by atoms with Gasteiger partial charge in [0, 0.05) is 0 Å². The first kappa shape index (κ1) is 20.9. The number of allylic oxidation sites excluding steroid dienone is 8. The van der Waals surface area contributed by atoms with Gasteiger partial charge in [-0.1, -0.05) is 0 Å². The van der Waals surface area contributed by atoms with E-state index >= 15 is 0 Å². The van der Waals surface area contributed by atoms with Crippen molar-refractivity contribution in [1.82, 2.24) is 0 Å². The molecule has 0 bridgehead atoms. The second kappa shape index (κ2) is 7.34. The molecule has 4 aliphatic rings. The molecule has 0 aromatic carbocycles. The number of rotatable bonds is 3. The zero-order chi connectivity index (χ0) is 15.5. The van der Waals surface area contributed by atoms with Crippen LogP contribution in [0.25, 0.3) is 0 Å². The van der Waals surface area contributed by atoms with E-state index in [0.29, 0.717) is 0 Å². The largest absolute Gasteiger partial charge is 1.00 e. The van der Waals surface area contributed by atoms with E-state index in [2.05, 4.69) is 50.9 Å². The molecule has 0 spiro atoms. The normalized spacial score (nSPS) is 31.5. The Labute approximate surface area is 166 Å². The minimum Gasteiger partial charge on any atom is -1.00 e. The van der Waals surface area contributed by atoms with Gasteiger partial charge < -0.3 is 24.8 Å². The Kier molecular flexibility index (Phi) is 6.40. The second-order valence-corrected chi connectivity index (χ2v) is 25.7. The Morgan fingerprint density at radius 1 is 1.08 bits per heavy atom. The van der Waals surface area contributed by atoms with Crippen LogP contribution in [0.15, 0.2) is 43.9 Å². The van der Waals surface area contributed by atoms with Gasteiger partial charge in [0.2, 0.25) is 0 Å². The molecule has 0 aromatic heterocycles. The van der Waals surface area contributed by atoms with Crippen molar-refractivity contribution in [3.63, 3.8) is 0 Å². The molecule has 0 aromatic rings. The van der Waals surface area contributed by atoms with Gasteiger partial charge in [-0.3, -0.25) is 0 Å². The Morgan fingerprint density at radius 3 is 2.33 bits per heavy atom. The van der Waals surface area contributed by atoms with Crippen LogP contribution in [-0.4, -0.2) is 8.07 Å². The van der Waals surface area contributed by atoms with Crippen LogP contribution in [0.5, 0.6) is 0 Å². The van der Waals surface area contributed by atoms with Crippen molar-refractivity contribution in [2.75, 3.05) is 0 Å². The van der Waals surface area contributed by atoms with Gasteiger partial charge in [0.25, 0.3) is 0 Å². The van der Waals surface area contributed by atoms with Crippen LogP contribution in [0.1, 0.15) is 39.0 Å². The molecule has 4 heteroatoms. The van der Waals surface area contributed by atoms with Crippen molar-refractivity contribution in [3.8, 4) is 0 Å². The van der Waals surface area contributed by atoms with Crippen molar-refractivity contribution in [2.24, 2.45) is 0 Å². The summed E-state index contributed by atoms with van der Waals surface area (Å²) in [5.41, 5.74) is 3.66. The summed E-state index contributed by atoms with van der Waals surface area (Å²) >= 11 is -2.11. The number of hydrogen-bond acceptors (Lipinski definition) is 0. The molecule has 4 rings (SSSR count). The smallest absolute Gasteiger partial charge is 1.00 e. The maximum absolute atomic E-state index is 2.72. The van der Waals surface area contributed by atoms with Crippen molar-refractivity contribution in [2.45, 2.75) is 70.0 Å². The molecule has 3 atom stereocenters. The third kappa shape index (κ3) is 3.30. The summed E-state index contributed by atoms with van der Waals surface area (Å²) in [6.45, 7) is 10.1. The summed E-state index contributed by atoms with van der Waals surface area (Å²) in [6.07, 6.45) is 17.5. The summed E-state index contributed by atoms with van der Waals surface area (Å²) in [4.78, 5) is 0. The van der Waals surface area contributed by atoms with Gasteiger partial charge in [-0.25, -0.2) is 0 Å². The molecular weight excluding hydrogens is 430 g/mol. The Balaban J connectivity index is 0.00000104. The van der Waals surface area contributed by atoms with Gasteiger partial charge >= 0.3 is 142 Å². The summed E-state index contributed by atoms with van der Waals surface area (Å²) in [5, 5.41) is 1.75. The van der Waals surface area contributed by atoms with Gasteiger partial charge in [-0.15, -0.1) is 0 Å². The van der Waals surface area contributed by atoms with Crippen LogP contribution in [0, 0.1) is 0 Å². The van der Waals surface area contributed by atoms with Crippen LogP contribution in [0.3, 0.4) is 0 Å². The number of hydrogen-bond donors (Lipinski definition) is 0. The van der Waals surface area contributed by atoms with E-state index < -0.39 is 28.3 Å². The Hall–Kier alpha value is 0.640. The fraction of sp³-hybridized carbons (Fsp3) is 0.600. The van der Waals surface area contributed by atoms with Gasteiger partial charge in [-0.05, 0) is 0 Å². The average molecular weight is 461 g/mol. The molecule has 0 radical (unpaired) electrons. The summed E-state index contributed by atoms with van der Waals surface area (Å²) in [5.74, 6) is 0. The van der Waals surface area contributed by atoms with Gasteiger partial charge in [0.05, 0.1) is 0 Å². The van der Waals surface area contributed by atoms with Crippen LogP contribution < -0.4 is 24.8 Å². The average Bonchev–Trinajstić information content (AvgIpc) is 2.90. The predicted octanol–water partition coefficient (Wildman–Crippen LogP) is 0.709. The Morgan fingerprint density at radius 2 is 1.75 bits per heavy atom. The molecule has 3 unspecified atom stereocenters. The molecule has 1 aliphatic heterocycles. The van der Waals surface area contributed by atoms with Crippen LogP contribution >= 0.6 is 0 Å². The van der Waals surface area contributed by atoms with Crippen molar-refractivity contribution in [1.29, 1.82) is 0 Å². The maximum atomic E-state index is 2.72. The summed E-state index contributed by atoms with van der Waals surface area (Å²) in [6, 6.07) is 0. The topological polar surface area (TPSA) is 0 Å². The SMILES string of the molecule is C[CH]1[CH2][Zr+2]1([C]1=CC([Si](C)(C)C)=CC1)[CH]1C=CC2=C1CCCC2.[Cl-].[Cl-].